The third-order valence-electron chi connectivity index (χ3n) is 5.07. The Kier molecular flexibility index (Phi) is 6.58. The van der Waals surface area contributed by atoms with Crippen LogP contribution >= 0.6 is 23.1 Å². The van der Waals surface area contributed by atoms with Crippen LogP contribution in [0.2, 0.25) is 0 Å². The number of hydrogen-bond donors (Lipinski definition) is 1. The molecule has 2 aromatic heterocycles. The third-order valence-corrected chi connectivity index (χ3v) is 6.91. The maximum absolute atomic E-state index is 13.1. The number of benzene rings is 2. The Hall–Kier alpha value is -3.48. The van der Waals surface area contributed by atoms with Gasteiger partial charge in [-0.05, 0) is 61.7 Å². The molecule has 9 heteroatoms. The van der Waals surface area contributed by atoms with Crippen molar-refractivity contribution in [2.45, 2.75) is 26.0 Å². The molecule has 0 bridgehead atoms. The van der Waals surface area contributed by atoms with Crippen LogP contribution in [0.25, 0.3) is 22.6 Å². The number of amides is 1. The highest BCUT2D eigenvalue weighted by atomic mass is 32.2. The topological polar surface area (TPSA) is 91.8 Å². The predicted octanol–water partition coefficient (Wildman–Crippen LogP) is 6.13. The van der Waals surface area contributed by atoms with Crippen molar-refractivity contribution in [3.63, 3.8) is 0 Å². The molecule has 0 aliphatic rings. The number of nitrogens with zero attached hydrogens (tertiary/aromatic N) is 3. The van der Waals surface area contributed by atoms with Gasteiger partial charge in [-0.15, -0.1) is 21.5 Å². The molecule has 4 rings (SSSR count). The molecule has 0 aliphatic heterocycles. The Morgan fingerprint density at radius 2 is 1.85 bits per heavy atom. The van der Waals surface area contributed by atoms with Gasteiger partial charge < -0.3 is 9.73 Å². The van der Waals surface area contributed by atoms with E-state index in [1.807, 2.05) is 32.9 Å². The standard InChI is InChI=1S/C24H19FN4O2S2/c1-13-4-5-17(10-14(13)2)21-15(3)33-23(19(21)11-26)27-20(30)12-32-24-29-28-22(31-24)16-6-8-18(25)9-7-16/h4-10H,12H2,1-3H3,(H,27,30). The Morgan fingerprint density at radius 3 is 2.55 bits per heavy atom. The summed E-state index contributed by atoms with van der Waals surface area (Å²) < 4.78 is 18.6. The Bertz CT molecular complexity index is 1370. The van der Waals surface area contributed by atoms with Gasteiger partial charge in [0.2, 0.25) is 11.8 Å². The molecule has 2 aromatic carbocycles. The number of aryl methyl sites for hydroxylation is 3. The van der Waals surface area contributed by atoms with Gasteiger partial charge in [-0.25, -0.2) is 4.39 Å². The molecule has 6 nitrogen and oxygen atoms in total. The summed E-state index contributed by atoms with van der Waals surface area (Å²) in [6.45, 7) is 6.02. The lowest BCUT2D eigenvalue weighted by Gasteiger charge is -2.06. The molecular formula is C24H19FN4O2S2. The van der Waals surface area contributed by atoms with Crippen molar-refractivity contribution in [3.8, 4) is 28.7 Å². The summed E-state index contributed by atoms with van der Waals surface area (Å²) in [5.41, 5.74) is 5.16. The molecule has 33 heavy (non-hydrogen) atoms. The van der Waals surface area contributed by atoms with Crippen LogP contribution in [0.1, 0.15) is 21.6 Å². The van der Waals surface area contributed by atoms with E-state index in [1.165, 1.54) is 29.0 Å². The number of nitriles is 1. The largest absolute Gasteiger partial charge is 0.411 e. The molecule has 0 radical (unpaired) electrons. The lowest BCUT2D eigenvalue weighted by molar-refractivity contribution is -0.113. The number of aromatic nitrogens is 2. The van der Waals surface area contributed by atoms with Crippen molar-refractivity contribution < 1.29 is 13.6 Å². The Morgan fingerprint density at radius 1 is 1.12 bits per heavy atom. The molecule has 0 fully saturated rings. The minimum absolute atomic E-state index is 0.0336. The van der Waals surface area contributed by atoms with E-state index in [9.17, 15) is 14.4 Å². The van der Waals surface area contributed by atoms with Gasteiger partial charge in [-0.2, -0.15) is 5.26 Å². The number of carbonyl (C=O) groups is 1. The van der Waals surface area contributed by atoms with E-state index < -0.39 is 0 Å². The van der Waals surface area contributed by atoms with Crippen molar-refractivity contribution in [1.29, 1.82) is 5.26 Å². The van der Waals surface area contributed by atoms with Gasteiger partial charge in [0, 0.05) is 16.0 Å². The minimum atomic E-state index is -0.356. The fraction of sp³-hybridized carbons (Fsp3) is 0.167. The minimum Gasteiger partial charge on any atom is -0.411 e. The summed E-state index contributed by atoms with van der Waals surface area (Å²) in [7, 11) is 0. The first kappa shape index (κ1) is 22.7. The summed E-state index contributed by atoms with van der Waals surface area (Å²) >= 11 is 2.46. The van der Waals surface area contributed by atoms with E-state index in [1.54, 1.807) is 12.1 Å². The Labute approximate surface area is 198 Å². The molecule has 0 unspecified atom stereocenters. The maximum atomic E-state index is 13.1. The van der Waals surface area contributed by atoms with E-state index in [0.717, 1.165) is 33.3 Å². The highest BCUT2D eigenvalue weighted by Crippen LogP contribution is 2.40. The second-order valence-corrected chi connectivity index (χ2v) is 9.52. The summed E-state index contributed by atoms with van der Waals surface area (Å²) in [5.74, 6) is -0.362. The van der Waals surface area contributed by atoms with Gasteiger partial charge in [-0.3, -0.25) is 4.79 Å². The Balaban J connectivity index is 1.45. The number of rotatable bonds is 6. The highest BCUT2D eigenvalue weighted by Gasteiger charge is 2.20. The number of anilines is 1. The van der Waals surface area contributed by atoms with Gasteiger partial charge in [0.05, 0.1) is 11.3 Å². The first-order chi connectivity index (χ1) is 15.9. The summed E-state index contributed by atoms with van der Waals surface area (Å²) in [6.07, 6.45) is 0. The molecule has 4 aromatic rings. The number of thioether (sulfide) groups is 1. The van der Waals surface area contributed by atoms with Crippen LogP contribution in [-0.4, -0.2) is 21.9 Å². The van der Waals surface area contributed by atoms with Gasteiger partial charge in [0.25, 0.3) is 5.22 Å². The average molecular weight is 479 g/mol. The summed E-state index contributed by atoms with van der Waals surface area (Å²) in [5, 5.41) is 21.2. The normalized spacial score (nSPS) is 10.8. The van der Waals surface area contributed by atoms with E-state index in [4.69, 9.17) is 4.42 Å². The van der Waals surface area contributed by atoms with Crippen LogP contribution < -0.4 is 5.32 Å². The first-order valence-electron chi connectivity index (χ1n) is 9.99. The molecule has 0 spiro atoms. The smallest absolute Gasteiger partial charge is 0.277 e. The van der Waals surface area contributed by atoms with Crippen LogP contribution in [0.4, 0.5) is 9.39 Å². The molecule has 2 heterocycles. The van der Waals surface area contributed by atoms with Crippen LogP contribution in [0.5, 0.6) is 0 Å². The van der Waals surface area contributed by atoms with Crippen LogP contribution in [0.15, 0.2) is 52.1 Å². The zero-order valence-electron chi connectivity index (χ0n) is 18.1. The number of carbonyl (C=O) groups excluding carboxylic acids is 1. The second kappa shape index (κ2) is 9.57. The zero-order chi connectivity index (χ0) is 23.5. The second-order valence-electron chi connectivity index (χ2n) is 7.37. The fourth-order valence-electron chi connectivity index (χ4n) is 3.25. The van der Waals surface area contributed by atoms with Crippen molar-refractivity contribution in [3.05, 3.63) is 69.8 Å². The van der Waals surface area contributed by atoms with E-state index in [0.29, 0.717) is 16.1 Å². The monoisotopic (exact) mass is 478 g/mol. The number of thiophene rings is 1. The van der Waals surface area contributed by atoms with Gasteiger partial charge in [0.15, 0.2) is 0 Å². The molecule has 0 aliphatic carbocycles. The van der Waals surface area contributed by atoms with Gasteiger partial charge in [0.1, 0.15) is 16.9 Å². The number of nitrogens with one attached hydrogen (secondary N) is 1. The van der Waals surface area contributed by atoms with Crippen molar-refractivity contribution in [2.75, 3.05) is 11.1 Å². The maximum Gasteiger partial charge on any atom is 0.277 e. The fourth-order valence-corrected chi connectivity index (χ4v) is 4.86. The molecule has 166 valence electrons. The molecule has 1 N–H and O–H groups in total. The molecule has 1 amide bonds. The SMILES string of the molecule is Cc1ccc(-c2c(C)sc(NC(=O)CSc3nnc(-c4ccc(F)cc4)o3)c2C#N)cc1C. The molecule has 0 atom stereocenters. The predicted molar refractivity (Wildman–Crippen MR) is 128 cm³/mol. The van der Waals surface area contributed by atoms with E-state index >= 15 is 0 Å². The van der Waals surface area contributed by atoms with Crippen molar-refractivity contribution in [2.24, 2.45) is 0 Å². The van der Waals surface area contributed by atoms with Gasteiger partial charge in [-0.1, -0.05) is 30.0 Å². The lowest BCUT2D eigenvalue weighted by atomic mass is 9.98. The third kappa shape index (κ3) is 4.97. The van der Waals surface area contributed by atoms with Crippen LogP contribution in [0.3, 0.4) is 0 Å². The molecular weight excluding hydrogens is 459 g/mol. The average Bonchev–Trinajstić information content (AvgIpc) is 3.39. The van der Waals surface area contributed by atoms with Gasteiger partial charge >= 0.3 is 0 Å². The molecule has 0 saturated heterocycles. The number of hydrogen-bond acceptors (Lipinski definition) is 7. The van der Waals surface area contributed by atoms with E-state index in [2.05, 4.69) is 27.6 Å². The van der Waals surface area contributed by atoms with Crippen LogP contribution in [0, 0.1) is 37.9 Å². The zero-order valence-corrected chi connectivity index (χ0v) is 19.7. The van der Waals surface area contributed by atoms with Crippen molar-refractivity contribution >= 4 is 34.0 Å². The van der Waals surface area contributed by atoms with E-state index in [-0.39, 0.29) is 28.6 Å². The summed E-state index contributed by atoms with van der Waals surface area (Å²) in [6, 6.07) is 14.0. The van der Waals surface area contributed by atoms with Crippen molar-refractivity contribution in [1.82, 2.24) is 10.2 Å². The first-order valence-corrected chi connectivity index (χ1v) is 11.8. The highest BCUT2D eigenvalue weighted by molar-refractivity contribution is 7.99. The van der Waals surface area contributed by atoms with Crippen LogP contribution in [-0.2, 0) is 4.79 Å². The molecule has 0 saturated carbocycles. The summed E-state index contributed by atoms with van der Waals surface area (Å²) in [4.78, 5) is 13.5. The number of halogens is 1. The lowest BCUT2D eigenvalue weighted by Crippen LogP contribution is -2.13. The quantitative estimate of drug-likeness (QED) is 0.335.